The van der Waals surface area contributed by atoms with Gasteiger partial charge in [-0.25, -0.2) is 0 Å². The third kappa shape index (κ3) is 1.46. The maximum atomic E-state index is 8.95. The standard InChI is InChI=1S/C6H12O4/c7-3-1-4(8)6(10)5(9)2-3/h3-10H,1-2H2/t3-,4-,5+,6+. The third-order valence-corrected chi connectivity index (χ3v) is 1.82. The van der Waals surface area contributed by atoms with Crippen LogP contribution in [0, 0.1) is 0 Å². The number of rotatable bonds is 0. The van der Waals surface area contributed by atoms with E-state index >= 15 is 0 Å². The highest BCUT2D eigenvalue weighted by molar-refractivity contribution is 4.85. The normalized spacial score (nSPS) is 49.2. The Labute approximate surface area is 58.7 Å². The fourth-order valence-electron chi connectivity index (χ4n) is 1.19. The van der Waals surface area contributed by atoms with Gasteiger partial charge in [0.2, 0.25) is 0 Å². The molecular weight excluding hydrogens is 136 g/mol. The second-order valence-electron chi connectivity index (χ2n) is 2.75. The Bertz CT molecular complexity index is 104. The maximum absolute atomic E-state index is 8.95. The van der Waals surface area contributed by atoms with Crippen LogP contribution in [0.5, 0.6) is 0 Å². The summed E-state index contributed by atoms with van der Waals surface area (Å²) in [4.78, 5) is 0. The molecule has 0 amide bonds. The summed E-state index contributed by atoms with van der Waals surface area (Å²) in [7, 11) is 0. The SMILES string of the molecule is O[C@@H]1C[C@@H](O)[C@H](O)[C@@H](O)C1. The van der Waals surface area contributed by atoms with Crippen LogP contribution in [0.15, 0.2) is 0 Å². The molecule has 0 aromatic carbocycles. The molecule has 0 radical (unpaired) electrons. The zero-order valence-corrected chi connectivity index (χ0v) is 5.51. The zero-order valence-electron chi connectivity index (χ0n) is 5.51. The van der Waals surface area contributed by atoms with Crippen molar-refractivity contribution in [2.75, 3.05) is 0 Å². The smallest absolute Gasteiger partial charge is 0.106 e. The Morgan fingerprint density at radius 3 is 1.60 bits per heavy atom. The lowest BCUT2D eigenvalue weighted by Gasteiger charge is -2.31. The molecule has 0 aliphatic heterocycles. The monoisotopic (exact) mass is 148 g/mol. The minimum atomic E-state index is -1.09. The van der Waals surface area contributed by atoms with Crippen molar-refractivity contribution < 1.29 is 20.4 Å². The van der Waals surface area contributed by atoms with Gasteiger partial charge in [0.15, 0.2) is 0 Å². The Morgan fingerprint density at radius 1 is 0.800 bits per heavy atom. The van der Waals surface area contributed by atoms with Crippen molar-refractivity contribution in [3.8, 4) is 0 Å². The van der Waals surface area contributed by atoms with Gasteiger partial charge in [0.1, 0.15) is 6.10 Å². The van der Waals surface area contributed by atoms with Crippen molar-refractivity contribution in [3.63, 3.8) is 0 Å². The Hall–Kier alpha value is -0.160. The number of hydrogen-bond acceptors (Lipinski definition) is 4. The topological polar surface area (TPSA) is 80.9 Å². The summed E-state index contributed by atoms with van der Waals surface area (Å²) in [5.74, 6) is 0. The fraction of sp³-hybridized carbons (Fsp3) is 1.00. The molecule has 1 fully saturated rings. The van der Waals surface area contributed by atoms with E-state index in [1.165, 1.54) is 0 Å². The van der Waals surface area contributed by atoms with Crippen molar-refractivity contribution in [1.82, 2.24) is 0 Å². The molecule has 0 spiro atoms. The molecule has 0 aromatic heterocycles. The lowest BCUT2D eigenvalue weighted by atomic mass is 9.90. The van der Waals surface area contributed by atoms with Gasteiger partial charge in [-0.2, -0.15) is 0 Å². The molecule has 0 unspecified atom stereocenters. The lowest BCUT2D eigenvalue weighted by Crippen LogP contribution is -2.46. The van der Waals surface area contributed by atoms with E-state index in [0.717, 1.165) is 0 Å². The minimum absolute atomic E-state index is 0.151. The van der Waals surface area contributed by atoms with E-state index in [1.807, 2.05) is 0 Å². The highest BCUT2D eigenvalue weighted by Crippen LogP contribution is 2.19. The average molecular weight is 148 g/mol. The van der Waals surface area contributed by atoms with Gasteiger partial charge in [-0.15, -0.1) is 0 Å². The van der Waals surface area contributed by atoms with Crippen LogP contribution >= 0.6 is 0 Å². The summed E-state index contributed by atoms with van der Waals surface area (Å²) < 4.78 is 0. The molecule has 4 atom stereocenters. The Balaban J connectivity index is 2.49. The van der Waals surface area contributed by atoms with Crippen LogP contribution in [-0.4, -0.2) is 44.8 Å². The Morgan fingerprint density at radius 2 is 1.20 bits per heavy atom. The van der Waals surface area contributed by atoms with Crippen LogP contribution in [-0.2, 0) is 0 Å². The Kier molecular flexibility index (Phi) is 2.25. The molecule has 1 aliphatic carbocycles. The first-order valence-corrected chi connectivity index (χ1v) is 3.33. The van der Waals surface area contributed by atoms with Gasteiger partial charge >= 0.3 is 0 Å². The average Bonchev–Trinajstić information content (AvgIpc) is 1.82. The first-order valence-electron chi connectivity index (χ1n) is 3.33. The molecule has 0 saturated heterocycles. The van der Waals surface area contributed by atoms with Crippen molar-refractivity contribution in [1.29, 1.82) is 0 Å². The summed E-state index contributed by atoms with van der Waals surface area (Å²) in [6.07, 6.45) is -3.45. The van der Waals surface area contributed by atoms with E-state index in [0.29, 0.717) is 0 Å². The fourth-order valence-corrected chi connectivity index (χ4v) is 1.19. The molecule has 4 heteroatoms. The van der Waals surface area contributed by atoms with Crippen LogP contribution in [0.4, 0.5) is 0 Å². The predicted octanol–water partition coefficient (Wildman–Crippen LogP) is -1.78. The summed E-state index contributed by atoms with van der Waals surface area (Å²) in [5, 5.41) is 35.8. The van der Waals surface area contributed by atoms with E-state index in [9.17, 15) is 0 Å². The van der Waals surface area contributed by atoms with E-state index in [1.54, 1.807) is 0 Å². The molecule has 1 rings (SSSR count). The summed E-state index contributed by atoms with van der Waals surface area (Å²) >= 11 is 0. The largest absolute Gasteiger partial charge is 0.393 e. The molecule has 10 heavy (non-hydrogen) atoms. The summed E-state index contributed by atoms with van der Waals surface area (Å²) in [6.45, 7) is 0. The van der Waals surface area contributed by atoms with Gasteiger partial charge < -0.3 is 20.4 Å². The highest BCUT2D eigenvalue weighted by Gasteiger charge is 2.33. The summed E-state index contributed by atoms with van der Waals surface area (Å²) in [5.41, 5.74) is 0. The summed E-state index contributed by atoms with van der Waals surface area (Å²) in [6, 6.07) is 0. The van der Waals surface area contributed by atoms with Crippen LogP contribution in [0.25, 0.3) is 0 Å². The van der Waals surface area contributed by atoms with Gasteiger partial charge in [-0.1, -0.05) is 0 Å². The number of hydrogen-bond donors (Lipinski definition) is 4. The highest BCUT2D eigenvalue weighted by atomic mass is 16.4. The van der Waals surface area contributed by atoms with Crippen LogP contribution in [0.2, 0.25) is 0 Å². The molecule has 60 valence electrons. The second kappa shape index (κ2) is 2.84. The molecule has 1 saturated carbocycles. The minimum Gasteiger partial charge on any atom is -0.393 e. The van der Waals surface area contributed by atoms with Crippen LogP contribution < -0.4 is 0 Å². The quantitative estimate of drug-likeness (QED) is 0.327. The molecule has 4 nitrogen and oxygen atoms in total. The maximum Gasteiger partial charge on any atom is 0.106 e. The first-order chi connectivity index (χ1) is 4.61. The predicted molar refractivity (Wildman–Crippen MR) is 33.3 cm³/mol. The van der Waals surface area contributed by atoms with Crippen molar-refractivity contribution in [2.24, 2.45) is 0 Å². The van der Waals surface area contributed by atoms with Gasteiger partial charge in [0, 0.05) is 12.8 Å². The number of aliphatic hydroxyl groups is 4. The first kappa shape index (κ1) is 7.94. The van der Waals surface area contributed by atoms with Crippen LogP contribution in [0.3, 0.4) is 0 Å². The lowest BCUT2D eigenvalue weighted by molar-refractivity contribution is -0.116. The second-order valence-corrected chi connectivity index (χ2v) is 2.75. The van der Waals surface area contributed by atoms with Crippen LogP contribution in [0.1, 0.15) is 12.8 Å². The molecule has 0 aromatic rings. The molecule has 0 bridgehead atoms. The zero-order chi connectivity index (χ0) is 7.72. The number of aliphatic hydroxyl groups excluding tert-OH is 4. The van der Waals surface area contributed by atoms with E-state index in [4.69, 9.17) is 20.4 Å². The van der Waals surface area contributed by atoms with Gasteiger partial charge in [-0.3, -0.25) is 0 Å². The molecular formula is C6H12O4. The van der Waals surface area contributed by atoms with Gasteiger partial charge in [-0.05, 0) is 0 Å². The van der Waals surface area contributed by atoms with Crippen molar-refractivity contribution >= 4 is 0 Å². The van der Waals surface area contributed by atoms with Gasteiger partial charge in [0.05, 0.1) is 18.3 Å². The van der Waals surface area contributed by atoms with Gasteiger partial charge in [0.25, 0.3) is 0 Å². The van der Waals surface area contributed by atoms with Crippen molar-refractivity contribution in [3.05, 3.63) is 0 Å². The van der Waals surface area contributed by atoms with E-state index in [2.05, 4.69) is 0 Å². The van der Waals surface area contributed by atoms with E-state index < -0.39 is 24.4 Å². The van der Waals surface area contributed by atoms with E-state index in [-0.39, 0.29) is 12.8 Å². The third-order valence-electron chi connectivity index (χ3n) is 1.82. The molecule has 4 N–H and O–H groups in total. The molecule has 1 aliphatic rings. The molecule has 0 heterocycles. The van der Waals surface area contributed by atoms with Crippen molar-refractivity contribution in [2.45, 2.75) is 37.3 Å².